The third-order valence-electron chi connectivity index (χ3n) is 7.13. The smallest absolute Gasteiger partial charge is 0.356 e. The number of methoxy groups -OCH3 is 1. The Morgan fingerprint density at radius 3 is 2.81 bits per heavy atom. The van der Waals surface area contributed by atoms with Gasteiger partial charge in [-0.05, 0) is 90.5 Å². The van der Waals surface area contributed by atoms with E-state index in [4.69, 9.17) is 14.5 Å². The maximum absolute atomic E-state index is 11.2. The molecular formula is C21H27O4P. The summed E-state index contributed by atoms with van der Waals surface area (Å²) in [5.74, 6) is 3.77. The predicted molar refractivity (Wildman–Crippen MR) is 101 cm³/mol. The molecule has 140 valence electrons. The first kappa shape index (κ1) is 18.1. The zero-order valence-electron chi connectivity index (χ0n) is 15.4. The summed E-state index contributed by atoms with van der Waals surface area (Å²) in [6, 6.07) is 6.53. The van der Waals surface area contributed by atoms with Crippen molar-refractivity contribution in [2.24, 2.45) is 17.3 Å². The van der Waals surface area contributed by atoms with Crippen LogP contribution in [0.25, 0.3) is 0 Å². The Bertz CT molecular complexity index is 832. The average Bonchev–Trinajstić information content (AvgIpc) is 2.95. The molecule has 0 aromatic heterocycles. The third kappa shape index (κ3) is 3.00. The number of allylic oxidation sites excluding steroid dienone is 1. The van der Waals surface area contributed by atoms with Gasteiger partial charge in [0.1, 0.15) is 5.75 Å². The Hall–Kier alpha value is -1.31. The molecule has 2 fully saturated rings. The highest BCUT2D eigenvalue weighted by molar-refractivity contribution is 7.55. The standard InChI is InChI=1S/C21H27O4P/c1-21-11-9-18-17-7-5-16(25-2)13-14(17)3-6-19(18)20(21)8-4-15(21)10-12-26(22,23)24/h5,7,12-13,18-20H,3-4,6,8-9,11H2,1-2H3,(H2,22,23,24)/t10?,18?,19-,20?,21-/m1/s1. The molecule has 0 spiro atoms. The van der Waals surface area contributed by atoms with Crippen LogP contribution in [0, 0.1) is 17.3 Å². The number of ether oxygens (including phenoxy) is 1. The van der Waals surface area contributed by atoms with Crippen molar-refractivity contribution < 1.29 is 19.1 Å². The van der Waals surface area contributed by atoms with Gasteiger partial charge in [0.15, 0.2) is 0 Å². The van der Waals surface area contributed by atoms with Gasteiger partial charge in [-0.1, -0.05) is 13.0 Å². The molecule has 26 heavy (non-hydrogen) atoms. The van der Waals surface area contributed by atoms with Gasteiger partial charge in [0.2, 0.25) is 0 Å². The third-order valence-corrected chi connectivity index (χ3v) is 7.59. The first-order valence-electron chi connectivity index (χ1n) is 9.51. The zero-order valence-corrected chi connectivity index (χ0v) is 16.3. The van der Waals surface area contributed by atoms with Gasteiger partial charge in [-0.15, -0.1) is 5.73 Å². The summed E-state index contributed by atoms with van der Waals surface area (Å²) in [4.78, 5) is 18.3. The monoisotopic (exact) mass is 374 g/mol. The topological polar surface area (TPSA) is 66.8 Å². The lowest BCUT2D eigenvalue weighted by atomic mass is 9.55. The number of aryl methyl sites for hydroxylation is 1. The molecule has 0 saturated heterocycles. The molecule has 2 saturated carbocycles. The lowest BCUT2D eigenvalue weighted by Gasteiger charge is -2.49. The highest BCUT2D eigenvalue weighted by Crippen LogP contribution is 2.62. The molecule has 4 rings (SSSR count). The van der Waals surface area contributed by atoms with Gasteiger partial charge in [0, 0.05) is 0 Å². The van der Waals surface area contributed by atoms with Gasteiger partial charge in [-0.2, -0.15) is 0 Å². The van der Waals surface area contributed by atoms with Crippen molar-refractivity contribution in [2.75, 3.05) is 7.11 Å². The van der Waals surface area contributed by atoms with E-state index in [2.05, 4.69) is 30.9 Å². The van der Waals surface area contributed by atoms with Crippen LogP contribution < -0.4 is 4.74 Å². The highest BCUT2D eigenvalue weighted by atomic mass is 31.2. The highest BCUT2D eigenvalue weighted by Gasteiger charge is 2.52. The van der Waals surface area contributed by atoms with Gasteiger partial charge in [-0.3, -0.25) is 4.57 Å². The van der Waals surface area contributed by atoms with Crippen LogP contribution in [0.1, 0.15) is 56.1 Å². The minimum Gasteiger partial charge on any atom is -0.497 e. The van der Waals surface area contributed by atoms with E-state index >= 15 is 0 Å². The van der Waals surface area contributed by atoms with Crippen LogP contribution in [-0.2, 0) is 11.0 Å². The molecule has 0 amide bonds. The van der Waals surface area contributed by atoms with Crippen molar-refractivity contribution in [1.29, 1.82) is 0 Å². The molecule has 5 heteroatoms. The summed E-state index contributed by atoms with van der Waals surface area (Å²) in [7, 11) is -2.43. The lowest BCUT2D eigenvalue weighted by Crippen LogP contribution is -2.40. The summed E-state index contributed by atoms with van der Waals surface area (Å²) in [6.07, 6.45) is 6.52. The average molecular weight is 374 g/mol. The Labute approximate surface area is 155 Å². The Morgan fingerprint density at radius 2 is 2.08 bits per heavy atom. The lowest BCUT2D eigenvalue weighted by molar-refractivity contribution is 0.0815. The van der Waals surface area contributed by atoms with E-state index in [1.54, 1.807) is 7.11 Å². The SMILES string of the molecule is COc1ccc2c(c1)CC[C@@H]1C2CC[C@]2(C)C(=C=CP(=O)(O)O)CCC12. The quantitative estimate of drug-likeness (QED) is 0.578. The van der Waals surface area contributed by atoms with E-state index in [0.29, 0.717) is 17.8 Å². The molecule has 0 heterocycles. The van der Waals surface area contributed by atoms with Crippen LogP contribution in [0.3, 0.4) is 0 Å². The Balaban J connectivity index is 1.66. The van der Waals surface area contributed by atoms with Crippen LogP contribution >= 0.6 is 7.60 Å². The summed E-state index contributed by atoms with van der Waals surface area (Å²) in [6.45, 7) is 2.29. The van der Waals surface area contributed by atoms with E-state index < -0.39 is 7.60 Å². The molecule has 0 aliphatic heterocycles. The summed E-state index contributed by atoms with van der Waals surface area (Å²) in [5, 5.41) is 0. The van der Waals surface area contributed by atoms with E-state index in [0.717, 1.165) is 49.2 Å². The van der Waals surface area contributed by atoms with Gasteiger partial charge in [-0.25, -0.2) is 0 Å². The summed E-state index contributed by atoms with van der Waals surface area (Å²) in [5.41, 5.74) is 7.08. The van der Waals surface area contributed by atoms with Crippen molar-refractivity contribution >= 4 is 7.60 Å². The van der Waals surface area contributed by atoms with Gasteiger partial charge >= 0.3 is 7.60 Å². The summed E-state index contributed by atoms with van der Waals surface area (Å²) >= 11 is 0. The maximum atomic E-state index is 11.2. The minimum absolute atomic E-state index is 0.0385. The van der Waals surface area contributed by atoms with Crippen molar-refractivity contribution in [3.63, 3.8) is 0 Å². The number of rotatable bonds is 2. The molecule has 3 aliphatic rings. The van der Waals surface area contributed by atoms with Crippen LogP contribution in [0.15, 0.2) is 35.3 Å². The molecule has 4 nitrogen and oxygen atoms in total. The molecular weight excluding hydrogens is 347 g/mol. The Morgan fingerprint density at radius 1 is 1.27 bits per heavy atom. The van der Waals surface area contributed by atoms with Crippen molar-refractivity contribution in [3.05, 3.63) is 46.4 Å². The van der Waals surface area contributed by atoms with Crippen LogP contribution in [0.2, 0.25) is 0 Å². The van der Waals surface area contributed by atoms with E-state index in [-0.39, 0.29) is 5.41 Å². The number of fused-ring (bicyclic) bond motifs is 5. The maximum Gasteiger partial charge on any atom is 0.356 e. The fourth-order valence-corrected chi connectivity index (χ4v) is 6.22. The second kappa shape index (κ2) is 6.39. The van der Waals surface area contributed by atoms with E-state index in [9.17, 15) is 4.57 Å². The molecule has 0 radical (unpaired) electrons. The molecule has 3 aliphatic carbocycles. The van der Waals surface area contributed by atoms with Gasteiger partial charge in [0.05, 0.1) is 12.9 Å². The second-order valence-electron chi connectivity index (χ2n) is 8.32. The molecule has 2 N–H and O–H groups in total. The van der Waals surface area contributed by atoms with Crippen LogP contribution in [0.4, 0.5) is 0 Å². The predicted octanol–water partition coefficient (Wildman–Crippen LogP) is 4.77. The largest absolute Gasteiger partial charge is 0.497 e. The van der Waals surface area contributed by atoms with Crippen LogP contribution in [-0.4, -0.2) is 16.9 Å². The Kier molecular flexibility index (Phi) is 4.44. The molecule has 4 atom stereocenters. The first-order chi connectivity index (χ1) is 12.3. The zero-order chi connectivity index (χ0) is 18.5. The van der Waals surface area contributed by atoms with Crippen molar-refractivity contribution in [1.82, 2.24) is 0 Å². The molecule has 1 aromatic carbocycles. The normalized spacial score (nSPS) is 32.9. The number of hydrogen-bond donors (Lipinski definition) is 2. The van der Waals surface area contributed by atoms with E-state index in [1.165, 1.54) is 17.5 Å². The molecule has 0 bridgehead atoms. The van der Waals surface area contributed by atoms with Crippen molar-refractivity contribution in [3.8, 4) is 5.75 Å². The number of hydrogen-bond acceptors (Lipinski definition) is 2. The fourth-order valence-electron chi connectivity index (χ4n) is 5.90. The fraction of sp³-hybridized carbons (Fsp3) is 0.571. The van der Waals surface area contributed by atoms with Crippen molar-refractivity contribution in [2.45, 2.75) is 51.4 Å². The number of benzene rings is 1. The van der Waals surface area contributed by atoms with Crippen LogP contribution in [0.5, 0.6) is 5.75 Å². The second-order valence-corrected chi connectivity index (χ2v) is 9.75. The molecule has 1 aromatic rings. The van der Waals surface area contributed by atoms with Gasteiger partial charge < -0.3 is 14.5 Å². The van der Waals surface area contributed by atoms with E-state index in [1.807, 2.05) is 0 Å². The minimum atomic E-state index is -4.14. The first-order valence-corrected chi connectivity index (χ1v) is 11.2. The summed E-state index contributed by atoms with van der Waals surface area (Å²) < 4.78 is 16.6. The molecule has 2 unspecified atom stereocenters. The van der Waals surface area contributed by atoms with Gasteiger partial charge in [0.25, 0.3) is 0 Å².